The zero-order chi connectivity index (χ0) is 32.6. The molecule has 0 radical (unpaired) electrons. The highest BCUT2D eigenvalue weighted by atomic mass is 15.1. The van der Waals surface area contributed by atoms with Gasteiger partial charge in [-0.05, 0) is 101 Å². The van der Waals surface area contributed by atoms with E-state index in [4.69, 9.17) is 9.97 Å². The summed E-state index contributed by atoms with van der Waals surface area (Å²) in [4.78, 5) is 14.9. The Hall–Kier alpha value is -6.59. The van der Waals surface area contributed by atoms with Crippen molar-refractivity contribution < 1.29 is 0 Å². The quantitative estimate of drug-likeness (QED) is 0.199. The molecule has 1 aliphatic heterocycles. The second-order valence-electron chi connectivity index (χ2n) is 12.2. The smallest absolute Gasteiger partial charge is 0.137 e. The van der Waals surface area contributed by atoms with E-state index in [0.717, 1.165) is 79.6 Å². The lowest BCUT2D eigenvalue weighted by molar-refractivity contribution is 0.852. The Kier molecular flexibility index (Phi) is 7.13. The SMILES string of the molecule is C1=Cc2c(c3ccccc3n2-c2ccc(-c3cc(-c4cc(-c5ccccc5)cc(-c5ccccc5)c4)nc(-c4ccccn4)c3)cn2)CN1. The van der Waals surface area contributed by atoms with Crippen LogP contribution in [0.25, 0.3) is 78.8 Å². The predicted molar refractivity (Wildman–Crippen MR) is 200 cm³/mol. The Morgan fingerprint density at radius 1 is 0.510 bits per heavy atom. The Balaban J connectivity index is 1.19. The lowest BCUT2D eigenvalue weighted by atomic mass is 9.94. The maximum atomic E-state index is 5.21. The van der Waals surface area contributed by atoms with Gasteiger partial charge in [-0.25, -0.2) is 9.97 Å². The number of benzene rings is 4. The predicted octanol–water partition coefficient (Wildman–Crippen LogP) is 10.2. The van der Waals surface area contributed by atoms with E-state index >= 15 is 0 Å². The van der Waals surface area contributed by atoms with Gasteiger partial charge in [0.1, 0.15) is 5.82 Å². The standard InChI is InChI=1S/C44H31N5/c1-3-11-30(12-4-1)33-23-34(31-13-5-2-6-14-31)25-36(24-33)40-26-35(27-41(48-40)39-16-9-10-21-46-39)32-18-19-44(47-28-32)49-42-17-8-7-15-37(42)38-29-45-22-20-43(38)49/h1-28,45H,29H2. The molecule has 4 aromatic heterocycles. The monoisotopic (exact) mass is 629 g/mol. The molecule has 0 bridgehead atoms. The number of para-hydroxylation sites is 1. The molecule has 0 amide bonds. The fourth-order valence-corrected chi connectivity index (χ4v) is 6.78. The third kappa shape index (κ3) is 5.37. The van der Waals surface area contributed by atoms with Crippen LogP contribution < -0.4 is 5.32 Å². The molecule has 0 fully saturated rings. The summed E-state index contributed by atoms with van der Waals surface area (Å²) in [5, 5.41) is 4.61. The van der Waals surface area contributed by atoms with E-state index in [1.54, 1.807) is 0 Å². The van der Waals surface area contributed by atoms with Gasteiger partial charge in [0.2, 0.25) is 0 Å². The van der Waals surface area contributed by atoms with E-state index in [0.29, 0.717) is 0 Å². The summed E-state index contributed by atoms with van der Waals surface area (Å²) in [6, 6.07) is 50.8. The minimum atomic E-state index is 0.797. The molecule has 1 N–H and O–H groups in total. The molecule has 232 valence electrons. The highest BCUT2D eigenvalue weighted by Gasteiger charge is 2.19. The molecule has 0 spiro atoms. The minimum Gasteiger partial charge on any atom is -0.387 e. The van der Waals surface area contributed by atoms with Crippen molar-refractivity contribution in [1.29, 1.82) is 0 Å². The molecular weight excluding hydrogens is 599 g/mol. The first kappa shape index (κ1) is 28.6. The number of hydrogen-bond donors (Lipinski definition) is 1. The zero-order valence-corrected chi connectivity index (χ0v) is 26.7. The molecule has 1 aliphatic rings. The Morgan fingerprint density at radius 2 is 1.18 bits per heavy atom. The summed E-state index contributed by atoms with van der Waals surface area (Å²) in [6.07, 6.45) is 7.93. The number of nitrogens with zero attached hydrogens (tertiary/aromatic N) is 4. The number of hydrogen-bond acceptors (Lipinski definition) is 4. The summed E-state index contributed by atoms with van der Waals surface area (Å²) >= 11 is 0. The van der Waals surface area contributed by atoms with Crippen LogP contribution in [0.15, 0.2) is 164 Å². The molecule has 5 heteroatoms. The fraction of sp³-hybridized carbons (Fsp3) is 0.0227. The highest BCUT2D eigenvalue weighted by Crippen LogP contribution is 2.36. The van der Waals surface area contributed by atoms with Gasteiger partial charge in [0.05, 0.1) is 28.3 Å². The minimum absolute atomic E-state index is 0.797. The molecular formula is C44H31N5. The lowest BCUT2D eigenvalue weighted by Crippen LogP contribution is -2.11. The van der Waals surface area contributed by atoms with Gasteiger partial charge in [0.15, 0.2) is 0 Å². The van der Waals surface area contributed by atoms with Gasteiger partial charge in [-0.3, -0.25) is 9.55 Å². The van der Waals surface area contributed by atoms with Crippen LogP contribution >= 0.6 is 0 Å². The van der Waals surface area contributed by atoms with Crippen LogP contribution in [0.1, 0.15) is 11.3 Å². The number of fused-ring (bicyclic) bond motifs is 3. The maximum Gasteiger partial charge on any atom is 0.137 e. The van der Waals surface area contributed by atoms with Gasteiger partial charge in [-0.2, -0.15) is 0 Å². The fourth-order valence-electron chi connectivity index (χ4n) is 6.78. The molecule has 5 nitrogen and oxygen atoms in total. The second-order valence-corrected chi connectivity index (χ2v) is 12.2. The van der Waals surface area contributed by atoms with E-state index in [1.807, 2.05) is 36.8 Å². The van der Waals surface area contributed by atoms with Crippen LogP contribution in [0.3, 0.4) is 0 Å². The van der Waals surface area contributed by atoms with Crippen LogP contribution in [0.4, 0.5) is 0 Å². The summed E-state index contributed by atoms with van der Waals surface area (Å²) in [7, 11) is 0. The molecule has 8 aromatic rings. The van der Waals surface area contributed by atoms with E-state index in [9.17, 15) is 0 Å². The van der Waals surface area contributed by atoms with Crippen LogP contribution in [0, 0.1) is 0 Å². The van der Waals surface area contributed by atoms with Gasteiger partial charge in [0.25, 0.3) is 0 Å². The average Bonchev–Trinajstić information content (AvgIpc) is 3.53. The second kappa shape index (κ2) is 12.2. The summed E-state index contributed by atoms with van der Waals surface area (Å²) in [5.41, 5.74) is 13.8. The zero-order valence-electron chi connectivity index (χ0n) is 26.7. The van der Waals surface area contributed by atoms with E-state index in [2.05, 4.69) is 148 Å². The number of nitrogens with one attached hydrogen (secondary N) is 1. The van der Waals surface area contributed by atoms with Gasteiger partial charge in [-0.15, -0.1) is 0 Å². The molecule has 4 aromatic carbocycles. The third-order valence-corrected chi connectivity index (χ3v) is 9.16. The first-order valence-electron chi connectivity index (χ1n) is 16.5. The summed E-state index contributed by atoms with van der Waals surface area (Å²) in [6.45, 7) is 0.797. The van der Waals surface area contributed by atoms with Gasteiger partial charge in [0, 0.05) is 41.0 Å². The van der Waals surface area contributed by atoms with Gasteiger partial charge in [-0.1, -0.05) is 84.9 Å². The number of rotatable bonds is 6. The van der Waals surface area contributed by atoms with E-state index in [-0.39, 0.29) is 0 Å². The average molecular weight is 630 g/mol. The first-order valence-corrected chi connectivity index (χ1v) is 16.5. The van der Waals surface area contributed by atoms with Gasteiger partial charge >= 0.3 is 0 Å². The largest absolute Gasteiger partial charge is 0.387 e. The molecule has 49 heavy (non-hydrogen) atoms. The van der Waals surface area contributed by atoms with Crippen molar-refractivity contribution in [1.82, 2.24) is 24.8 Å². The maximum absolute atomic E-state index is 5.21. The highest BCUT2D eigenvalue weighted by molar-refractivity contribution is 5.90. The van der Waals surface area contributed by atoms with Crippen molar-refractivity contribution in [2.45, 2.75) is 6.54 Å². The Labute approximate surface area is 284 Å². The Morgan fingerprint density at radius 3 is 1.90 bits per heavy atom. The molecule has 0 unspecified atom stereocenters. The molecule has 0 saturated heterocycles. The number of pyridine rings is 3. The van der Waals surface area contributed by atoms with Crippen molar-refractivity contribution in [3.63, 3.8) is 0 Å². The first-order chi connectivity index (χ1) is 24.3. The Bertz CT molecular complexity index is 2410. The van der Waals surface area contributed by atoms with Crippen LogP contribution in [-0.4, -0.2) is 19.5 Å². The normalized spacial score (nSPS) is 12.1. The van der Waals surface area contributed by atoms with E-state index in [1.165, 1.54) is 10.9 Å². The van der Waals surface area contributed by atoms with E-state index < -0.39 is 0 Å². The molecule has 9 rings (SSSR count). The molecule has 0 atom stereocenters. The van der Waals surface area contributed by atoms with Crippen LogP contribution in [-0.2, 0) is 6.54 Å². The van der Waals surface area contributed by atoms with Crippen molar-refractivity contribution in [2.75, 3.05) is 0 Å². The van der Waals surface area contributed by atoms with Crippen LogP contribution in [0.5, 0.6) is 0 Å². The topological polar surface area (TPSA) is 55.6 Å². The summed E-state index contributed by atoms with van der Waals surface area (Å²) in [5.74, 6) is 0.884. The van der Waals surface area contributed by atoms with Gasteiger partial charge < -0.3 is 5.32 Å². The van der Waals surface area contributed by atoms with Crippen LogP contribution in [0.2, 0.25) is 0 Å². The van der Waals surface area contributed by atoms with Crippen molar-refractivity contribution >= 4 is 17.0 Å². The molecule has 5 heterocycles. The lowest BCUT2D eigenvalue weighted by Gasteiger charge is -2.14. The third-order valence-electron chi connectivity index (χ3n) is 9.16. The number of aromatic nitrogens is 4. The van der Waals surface area contributed by atoms with Crippen molar-refractivity contribution in [2.24, 2.45) is 0 Å². The van der Waals surface area contributed by atoms with Crippen molar-refractivity contribution in [3.8, 4) is 61.8 Å². The molecule has 0 saturated carbocycles. The van der Waals surface area contributed by atoms with Crippen molar-refractivity contribution in [3.05, 3.63) is 175 Å². The molecule has 0 aliphatic carbocycles. The summed E-state index contributed by atoms with van der Waals surface area (Å²) < 4.78 is 2.25.